The van der Waals surface area contributed by atoms with Gasteiger partial charge in [-0.2, -0.15) is 0 Å². The number of halogens is 1. The molecule has 0 bridgehead atoms. The fourth-order valence-corrected chi connectivity index (χ4v) is 4.84. The second kappa shape index (κ2) is 5.73. The van der Waals surface area contributed by atoms with E-state index in [4.69, 9.17) is 9.47 Å². The first-order valence-electron chi connectivity index (χ1n) is 9.09. The van der Waals surface area contributed by atoms with Crippen LogP contribution in [0.5, 0.6) is 11.5 Å². The van der Waals surface area contributed by atoms with Crippen LogP contribution in [0.15, 0.2) is 42.5 Å². The first-order chi connectivity index (χ1) is 12.2. The second-order valence-electron chi connectivity index (χ2n) is 7.60. The van der Waals surface area contributed by atoms with E-state index < -0.39 is 0 Å². The van der Waals surface area contributed by atoms with Crippen LogP contribution in [0.25, 0.3) is 0 Å². The number of fused-ring (bicyclic) bond motifs is 1. The number of hydrogen-bond acceptors (Lipinski definition) is 3. The first kappa shape index (κ1) is 15.2. The Labute approximate surface area is 147 Å². The van der Waals surface area contributed by atoms with Crippen LogP contribution >= 0.6 is 0 Å². The fourth-order valence-electron chi connectivity index (χ4n) is 4.84. The average Bonchev–Trinajstić information content (AvgIpc) is 3.08. The third-order valence-electron chi connectivity index (χ3n) is 6.23. The molecule has 2 aromatic carbocycles. The molecule has 2 fully saturated rings. The van der Waals surface area contributed by atoms with E-state index in [2.05, 4.69) is 17.4 Å². The molecule has 0 radical (unpaired) electrons. The van der Waals surface area contributed by atoms with Crippen molar-refractivity contribution >= 4 is 0 Å². The van der Waals surface area contributed by atoms with Crippen molar-refractivity contribution in [3.63, 3.8) is 0 Å². The fraction of sp³-hybridized carbons (Fsp3) is 0.429. The topological polar surface area (TPSA) is 30.5 Å². The maximum atomic E-state index is 13.3. The summed E-state index contributed by atoms with van der Waals surface area (Å²) in [6, 6.07) is 13.4. The lowest BCUT2D eigenvalue weighted by Gasteiger charge is -2.34. The number of ether oxygens (including phenoxy) is 2. The maximum absolute atomic E-state index is 13.3. The molecular formula is C21H22FNO2. The lowest BCUT2D eigenvalue weighted by molar-refractivity contribution is 0.174. The SMILES string of the molecule is Fc1ccc([C@@H]2CCNCC23C[C@@H]3Cc2ccc3c(c2)OCO3)cc1. The first-order valence-corrected chi connectivity index (χ1v) is 9.09. The summed E-state index contributed by atoms with van der Waals surface area (Å²) in [5.41, 5.74) is 2.91. The second-order valence-corrected chi connectivity index (χ2v) is 7.60. The molecule has 3 atom stereocenters. The van der Waals surface area contributed by atoms with E-state index in [9.17, 15) is 4.39 Å². The van der Waals surface area contributed by atoms with E-state index in [1.807, 2.05) is 18.2 Å². The van der Waals surface area contributed by atoms with Gasteiger partial charge in [-0.3, -0.25) is 0 Å². The normalized spacial score (nSPS) is 29.8. The molecule has 1 aliphatic carbocycles. The molecule has 2 aromatic rings. The summed E-state index contributed by atoms with van der Waals surface area (Å²) in [6.07, 6.45) is 3.43. The van der Waals surface area contributed by atoms with E-state index >= 15 is 0 Å². The van der Waals surface area contributed by atoms with Crippen LogP contribution < -0.4 is 14.8 Å². The molecule has 3 nitrogen and oxygen atoms in total. The summed E-state index contributed by atoms with van der Waals surface area (Å²) >= 11 is 0. The minimum Gasteiger partial charge on any atom is -0.454 e. The Morgan fingerprint density at radius 1 is 1.08 bits per heavy atom. The molecule has 1 unspecified atom stereocenters. The summed E-state index contributed by atoms with van der Waals surface area (Å²) in [5.74, 6) is 2.74. The summed E-state index contributed by atoms with van der Waals surface area (Å²) in [6.45, 7) is 2.42. The zero-order valence-corrected chi connectivity index (χ0v) is 14.1. The van der Waals surface area contributed by atoms with Crippen LogP contribution in [-0.4, -0.2) is 19.9 Å². The summed E-state index contributed by atoms with van der Waals surface area (Å²) in [7, 11) is 0. The van der Waals surface area contributed by atoms with Crippen molar-refractivity contribution in [3.05, 3.63) is 59.4 Å². The quantitative estimate of drug-likeness (QED) is 0.920. The lowest BCUT2D eigenvalue weighted by Crippen LogP contribution is -2.38. The number of hydrogen-bond donors (Lipinski definition) is 1. The minimum absolute atomic E-state index is 0.153. The van der Waals surface area contributed by atoms with E-state index in [0.29, 0.717) is 24.0 Å². The van der Waals surface area contributed by atoms with Gasteiger partial charge in [0.1, 0.15) is 5.82 Å². The molecule has 2 heterocycles. The Bertz CT molecular complexity index is 791. The summed E-state index contributed by atoms with van der Waals surface area (Å²) in [5, 5.41) is 3.59. The van der Waals surface area contributed by atoms with Gasteiger partial charge >= 0.3 is 0 Å². The molecule has 1 N–H and O–H groups in total. The van der Waals surface area contributed by atoms with Crippen LogP contribution in [0.1, 0.15) is 29.9 Å². The monoisotopic (exact) mass is 339 g/mol. The van der Waals surface area contributed by atoms with Gasteiger partial charge < -0.3 is 14.8 Å². The molecule has 2 aliphatic heterocycles. The summed E-state index contributed by atoms with van der Waals surface area (Å²) < 4.78 is 24.2. The molecule has 25 heavy (non-hydrogen) atoms. The summed E-state index contributed by atoms with van der Waals surface area (Å²) in [4.78, 5) is 0. The van der Waals surface area contributed by atoms with Crippen LogP contribution in [-0.2, 0) is 6.42 Å². The Morgan fingerprint density at radius 2 is 1.92 bits per heavy atom. The van der Waals surface area contributed by atoms with Crippen molar-refractivity contribution in [3.8, 4) is 11.5 Å². The predicted molar refractivity (Wildman–Crippen MR) is 93.4 cm³/mol. The van der Waals surface area contributed by atoms with E-state index in [0.717, 1.165) is 37.4 Å². The Balaban J connectivity index is 1.37. The maximum Gasteiger partial charge on any atom is 0.231 e. The Morgan fingerprint density at radius 3 is 2.80 bits per heavy atom. The molecule has 3 aliphatic rings. The van der Waals surface area contributed by atoms with Gasteiger partial charge in [0, 0.05) is 6.54 Å². The zero-order valence-electron chi connectivity index (χ0n) is 14.1. The minimum atomic E-state index is -0.153. The third-order valence-corrected chi connectivity index (χ3v) is 6.23. The van der Waals surface area contributed by atoms with E-state index in [1.54, 1.807) is 12.1 Å². The Kier molecular flexibility index (Phi) is 3.49. The van der Waals surface area contributed by atoms with Gasteiger partial charge in [-0.15, -0.1) is 0 Å². The van der Waals surface area contributed by atoms with Crippen molar-refractivity contribution in [1.29, 1.82) is 0 Å². The number of piperidine rings is 1. The Hall–Kier alpha value is -2.07. The van der Waals surface area contributed by atoms with Crippen molar-refractivity contribution in [2.75, 3.05) is 19.9 Å². The number of nitrogens with one attached hydrogen (secondary N) is 1. The number of benzene rings is 2. The van der Waals surface area contributed by atoms with E-state index in [-0.39, 0.29) is 5.82 Å². The van der Waals surface area contributed by atoms with Crippen LogP contribution in [0, 0.1) is 17.2 Å². The highest BCUT2D eigenvalue weighted by Gasteiger charge is 2.59. The molecule has 0 aromatic heterocycles. The molecule has 1 saturated carbocycles. The van der Waals surface area contributed by atoms with Gasteiger partial charge in [0.15, 0.2) is 11.5 Å². The zero-order chi connectivity index (χ0) is 16.9. The van der Waals surface area contributed by atoms with E-state index in [1.165, 1.54) is 17.5 Å². The van der Waals surface area contributed by atoms with Gasteiger partial charge in [0.2, 0.25) is 6.79 Å². The van der Waals surface area contributed by atoms with Crippen molar-refractivity contribution in [1.82, 2.24) is 5.32 Å². The van der Waals surface area contributed by atoms with Gasteiger partial charge in [-0.25, -0.2) is 4.39 Å². The third kappa shape index (κ3) is 2.60. The van der Waals surface area contributed by atoms with Crippen molar-refractivity contribution in [2.24, 2.45) is 11.3 Å². The molecule has 5 rings (SSSR count). The van der Waals surface area contributed by atoms with Gasteiger partial charge in [-0.1, -0.05) is 18.2 Å². The molecule has 0 amide bonds. The molecular weight excluding hydrogens is 317 g/mol. The van der Waals surface area contributed by atoms with Crippen LogP contribution in [0.4, 0.5) is 4.39 Å². The predicted octanol–water partition coefficient (Wildman–Crippen LogP) is 3.88. The van der Waals surface area contributed by atoms with Crippen LogP contribution in [0.2, 0.25) is 0 Å². The van der Waals surface area contributed by atoms with Crippen LogP contribution in [0.3, 0.4) is 0 Å². The molecule has 130 valence electrons. The highest BCUT2D eigenvalue weighted by molar-refractivity contribution is 5.45. The molecule has 4 heteroatoms. The lowest BCUT2D eigenvalue weighted by atomic mass is 9.76. The van der Waals surface area contributed by atoms with Gasteiger partial charge in [0.25, 0.3) is 0 Å². The standard InChI is InChI=1S/C21H22FNO2/c22-17-4-2-15(3-5-17)18-7-8-23-12-21(18)11-16(21)9-14-1-6-19-20(10-14)25-13-24-19/h1-6,10,16,18,23H,7-9,11-13H2/t16-,18-,21?/m0/s1. The number of rotatable bonds is 3. The van der Waals surface area contributed by atoms with Gasteiger partial charge in [-0.05, 0) is 78.5 Å². The average molecular weight is 339 g/mol. The van der Waals surface area contributed by atoms with Gasteiger partial charge in [0.05, 0.1) is 0 Å². The highest BCUT2D eigenvalue weighted by Crippen LogP contribution is 2.64. The highest BCUT2D eigenvalue weighted by atomic mass is 19.1. The van der Waals surface area contributed by atoms with Crippen molar-refractivity contribution < 1.29 is 13.9 Å². The van der Waals surface area contributed by atoms with Crippen molar-refractivity contribution in [2.45, 2.75) is 25.2 Å². The largest absolute Gasteiger partial charge is 0.454 e. The smallest absolute Gasteiger partial charge is 0.231 e. The molecule has 1 spiro atoms. The molecule has 1 saturated heterocycles.